The van der Waals surface area contributed by atoms with Gasteiger partial charge in [0.05, 0.1) is 23.8 Å². The summed E-state index contributed by atoms with van der Waals surface area (Å²) in [7, 11) is 0. The summed E-state index contributed by atoms with van der Waals surface area (Å²) in [5.74, 6) is 0.221. The van der Waals surface area contributed by atoms with E-state index < -0.39 is 0 Å². The summed E-state index contributed by atoms with van der Waals surface area (Å²) in [6.45, 7) is 5.92. The van der Waals surface area contributed by atoms with Gasteiger partial charge < -0.3 is 5.32 Å². The highest BCUT2D eigenvalue weighted by Gasteiger charge is 2.12. The number of amides is 1. The molecule has 6 nitrogen and oxygen atoms in total. The lowest BCUT2D eigenvalue weighted by molar-refractivity contribution is 0.102. The van der Waals surface area contributed by atoms with E-state index in [1.807, 2.05) is 20.8 Å². The second-order valence-electron chi connectivity index (χ2n) is 5.44. The Morgan fingerprint density at radius 3 is 2.25 bits per heavy atom. The van der Waals surface area contributed by atoms with E-state index in [4.69, 9.17) is 11.6 Å². The number of nitrogens with zero attached hydrogens (tertiary/aromatic N) is 4. The van der Waals surface area contributed by atoms with Crippen LogP contribution in [-0.2, 0) is 0 Å². The number of aryl methyl sites for hydroxylation is 1. The molecule has 0 bridgehead atoms. The summed E-state index contributed by atoms with van der Waals surface area (Å²) < 4.78 is 1.69. The summed E-state index contributed by atoms with van der Waals surface area (Å²) in [4.78, 5) is 20.7. The summed E-state index contributed by atoms with van der Waals surface area (Å²) in [6, 6.07) is 6.65. The van der Waals surface area contributed by atoms with E-state index in [2.05, 4.69) is 20.4 Å². The molecule has 0 fully saturated rings. The molecule has 2 heterocycles. The molecule has 2 aromatic heterocycles. The fraction of sp³-hybridized carbons (Fsp3) is 0.176. The molecule has 0 saturated carbocycles. The number of aromatic nitrogens is 4. The van der Waals surface area contributed by atoms with Crippen LogP contribution in [0.5, 0.6) is 0 Å². The van der Waals surface area contributed by atoms with E-state index >= 15 is 0 Å². The number of nitrogens with one attached hydrogen (secondary N) is 1. The van der Waals surface area contributed by atoms with E-state index in [0.29, 0.717) is 22.2 Å². The molecule has 0 saturated heterocycles. The van der Waals surface area contributed by atoms with Gasteiger partial charge in [-0.15, -0.1) is 0 Å². The molecule has 0 aliphatic heterocycles. The van der Waals surface area contributed by atoms with Crippen LogP contribution in [0, 0.1) is 20.8 Å². The number of halogens is 1. The first kappa shape index (κ1) is 16.1. The molecular formula is C17H16ClN5O. The SMILES string of the molecule is Cc1nn(-c2ncc(NC(=O)c3ccc(Cl)cc3)cn2)c(C)c1C. The molecule has 7 heteroatoms. The Labute approximate surface area is 144 Å². The first-order valence-corrected chi connectivity index (χ1v) is 7.75. The van der Waals surface area contributed by atoms with Crippen molar-refractivity contribution in [2.45, 2.75) is 20.8 Å². The quantitative estimate of drug-likeness (QED) is 0.791. The van der Waals surface area contributed by atoms with Crippen molar-refractivity contribution >= 4 is 23.2 Å². The van der Waals surface area contributed by atoms with Gasteiger partial charge in [-0.1, -0.05) is 11.6 Å². The maximum Gasteiger partial charge on any atom is 0.255 e. The minimum absolute atomic E-state index is 0.245. The van der Waals surface area contributed by atoms with Crippen molar-refractivity contribution in [3.8, 4) is 5.95 Å². The molecule has 1 amide bonds. The van der Waals surface area contributed by atoms with Gasteiger partial charge in [0.1, 0.15) is 0 Å². The molecule has 0 radical (unpaired) electrons. The monoisotopic (exact) mass is 341 g/mol. The van der Waals surface area contributed by atoms with E-state index in [1.54, 1.807) is 41.3 Å². The van der Waals surface area contributed by atoms with Crippen molar-refractivity contribution in [1.29, 1.82) is 0 Å². The minimum Gasteiger partial charge on any atom is -0.319 e. The zero-order valence-electron chi connectivity index (χ0n) is 13.5. The van der Waals surface area contributed by atoms with Crippen molar-refractivity contribution < 1.29 is 4.79 Å². The maximum atomic E-state index is 12.2. The van der Waals surface area contributed by atoms with Crippen LogP contribution in [0.15, 0.2) is 36.7 Å². The van der Waals surface area contributed by atoms with Crippen molar-refractivity contribution in [1.82, 2.24) is 19.7 Å². The zero-order valence-corrected chi connectivity index (χ0v) is 14.3. The molecule has 0 unspecified atom stereocenters. The predicted octanol–water partition coefficient (Wildman–Crippen LogP) is 3.49. The van der Waals surface area contributed by atoms with Gasteiger partial charge in [-0.05, 0) is 50.6 Å². The van der Waals surface area contributed by atoms with Crippen LogP contribution < -0.4 is 5.32 Å². The van der Waals surface area contributed by atoms with E-state index in [1.165, 1.54) is 0 Å². The second-order valence-corrected chi connectivity index (χ2v) is 5.88. The molecule has 3 rings (SSSR count). The molecule has 3 aromatic rings. The first-order chi connectivity index (χ1) is 11.5. The Morgan fingerprint density at radius 1 is 1.08 bits per heavy atom. The van der Waals surface area contributed by atoms with Crippen LogP contribution in [0.2, 0.25) is 5.02 Å². The van der Waals surface area contributed by atoms with Crippen molar-refractivity contribution in [3.63, 3.8) is 0 Å². The lowest BCUT2D eigenvalue weighted by Gasteiger charge is -2.06. The summed E-state index contributed by atoms with van der Waals surface area (Å²) in [5.41, 5.74) is 4.06. The molecule has 0 spiro atoms. The van der Waals surface area contributed by atoms with Crippen molar-refractivity contribution in [2.24, 2.45) is 0 Å². The number of hydrogen-bond donors (Lipinski definition) is 1. The third-order valence-corrected chi connectivity index (χ3v) is 4.10. The van der Waals surface area contributed by atoms with Gasteiger partial charge in [0.25, 0.3) is 11.9 Å². The molecule has 24 heavy (non-hydrogen) atoms. The first-order valence-electron chi connectivity index (χ1n) is 7.38. The number of benzene rings is 1. The second kappa shape index (κ2) is 6.41. The van der Waals surface area contributed by atoms with Gasteiger partial charge >= 0.3 is 0 Å². The summed E-state index contributed by atoms with van der Waals surface area (Å²) in [5, 5.41) is 7.75. The third-order valence-electron chi connectivity index (χ3n) is 3.85. The van der Waals surface area contributed by atoms with Crippen molar-refractivity contribution in [3.05, 3.63) is 64.2 Å². The van der Waals surface area contributed by atoms with Crippen LogP contribution >= 0.6 is 11.6 Å². The highest BCUT2D eigenvalue weighted by atomic mass is 35.5. The van der Waals surface area contributed by atoms with Gasteiger partial charge in [0.15, 0.2) is 0 Å². The Hall–Kier alpha value is -2.73. The van der Waals surface area contributed by atoms with Crippen LogP contribution in [0.25, 0.3) is 5.95 Å². The zero-order chi connectivity index (χ0) is 17.3. The van der Waals surface area contributed by atoms with Gasteiger partial charge in [-0.25, -0.2) is 14.6 Å². The molecular weight excluding hydrogens is 326 g/mol. The molecule has 1 N–H and O–H groups in total. The Bertz CT molecular complexity index is 885. The lowest BCUT2D eigenvalue weighted by Crippen LogP contribution is -2.13. The molecule has 0 aliphatic carbocycles. The van der Waals surface area contributed by atoms with Gasteiger partial charge in [0.2, 0.25) is 0 Å². The van der Waals surface area contributed by atoms with Crippen LogP contribution in [0.1, 0.15) is 27.3 Å². The number of carbonyl (C=O) groups is 1. The van der Waals surface area contributed by atoms with Gasteiger partial charge in [0, 0.05) is 16.3 Å². The lowest BCUT2D eigenvalue weighted by atomic mass is 10.2. The highest BCUT2D eigenvalue weighted by Crippen LogP contribution is 2.15. The number of rotatable bonds is 3. The number of carbonyl (C=O) groups excluding carboxylic acids is 1. The Morgan fingerprint density at radius 2 is 1.71 bits per heavy atom. The van der Waals surface area contributed by atoms with Crippen LogP contribution in [-0.4, -0.2) is 25.7 Å². The third kappa shape index (κ3) is 3.14. The molecule has 0 atom stereocenters. The number of hydrogen-bond acceptors (Lipinski definition) is 4. The Kier molecular flexibility index (Phi) is 4.31. The van der Waals surface area contributed by atoms with Gasteiger partial charge in [-0.2, -0.15) is 5.10 Å². The maximum absolute atomic E-state index is 12.2. The molecule has 0 aliphatic rings. The minimum atomic E-state index is -0.245. The predicted molar refractivity (Wildman–Crippen MR) is 92.8 cm³/mol. The standard InChI is InChI=1S/C17H16ClN5O/c1-10-11(2)22-23(12(10)3)17-19-8-15(9-20-17)21-16(24)13-4-6-14(18)7-5-13/h4-9H,1-3H3,(H,21,24). The number of anilines is 1. The fourth-order valence-corrected chi connectivity index (χ4v) is 2.34. The average molecular weight is 342 g/mol. The van der Waals surface area contributed by atoms with Crippen LogP contribution in [0.4, 0.5) is 5.69 Å². The van der Waals surface area contributed by atoms with Crippen molar-refractivity contribution in [2.75, 3.05) is 5.32 Å². The van der Waals surface area contributed by atoms with E-state index in [-0.39, 0.29) is 5.91 Å². The molecule has 122 valence electrons. The topological polar surface area (TPSA) is 72.7 Å². The summed E-state index contributed by atoms with van der Waals surface area (Å²) >= 11 is 5.82. The normalized spacial score (nSPS) is 10.7. The van der Waals surface area contributed by atoms with Gasteiger partial charge in [-0.3, -0.25) is 4.79 Å². The summed E-state index contributed by atoms with van der Waals surface area (Å²) in [6.07, 6.45) is 3.11. The smallest absolute Gasteiger partial charge is 0.255 e. The van der Waals surface area contributed by atoms with E-state index in [9.17, 15) is 4.79 Å². The van der Waals surface area contributed by atoms with E-state index in [0.717, 1.165) is 17.0 Å². The highest BCUT2D eigenvalue weighted by molar-refractivity contribution is 6.30. The largest absolute Gasteiger partial charge is 0.319 e. The van der Waals surface area contributed by atoms with Crippen LogP contribution in [0.3, 0.4) is 0 Å². The molecule has 1 aromatic carbocycles. The Balaban J connectivity index is 1.78. The fourth-order valence-electron chi connectivity index (χ4n) is 2.22. The average Bonchev–Trinajstić information content (AvgIpc) is 2.84.